The Morgan fingerprint density at radius 1 is 1.05 bits per heavy atom. The van der Waals surface area contributed by atoms with Crippen LogP contribution in [0.1, 0.15) is 20.8 Å². The van der Waals surface area contributed by atoms with Gasteiger partial charge in [0.15, 0.2) is 0 Å². The number of esters is 3. The number of hydrogen-bond acceptors (Lipinski definition) is 7. The standard InChI is InChI=1S/C11H14F2O7/c1-5(14)17-4-8-9(18-6(2)15)11(12,13)10(20-8)19-7(3)16/h8-10H,4H2,1-3H3/t8-,9?,10?/m1/s1. The van der Waals surface area contributed by atoms with E-state index in [2.05, 4.69) is 14.2 Å². The van der Waals surface area contributed by atoms with E-state index in [0.717, 1.165) is 20.8 Å². The van der Waals surface area contributed by atoms with Gasteiger partial charge in [-0.2, -0.15) is 8.78 Å². The van der Waals surface area contributed by atoms with E-state index < -0.39 is 48.9 Å². The first-order valence-electron chi connectivity index (χ1n) is 5.65. The van der Waals surface area contributed by atoms with Gasteiger partial charge >= 0.3 is 23.8 Å². The summed E-state index contributed by atoms with van der Waals surface area (Å²) >= 11 is 0. The lowest BCUT2D eigenvalue weighted by Gasteiger charge is -2.22. The summed E-state index contributed by atoms with van der Waals surface area (Å²) < 4.78 is 46.1. The van der Waals surface area contributed by atoms with Gasteiger partial charge in [-0.15, -0.1) is 0 Å². The van der Waals surface area contributed by atoms with Gasteiger partial charge in [-0.05, 0) is 0 Å². The molecule has 1 fully saturated rings. The Balaban J connectivity index is 2.88. The SMILES string of the molecule is CC(=O)OC[C@H]1OC(OC(C)=O)C(F)(F)C1OC(C)=O. The van der Waals surface area contributed by atoms with Crippen molar-refractivity contribution in [3.8, 4) is 0 Å². The molecule has 0 aromatic heterocycles. The van der Waals surface area contributed by atoms with Crippen LogP contribution in [0, 0.1) is 0 Å². The molecular formula is C11H14F2O7. The van der Waals surface area contributed by atoms with Gasteiger partial charge in [0.05, 0.1) is 0 Å². The Bertz CT molecular complexity index is 410. The fraction of sp³-hybridized carbons (Fsp3) is 0.727. The summed E-state index contributed by atoms with van der Waals surface area (Å²) in [5, 5.41) is 0. The van der Waals surface area contributed by atoms with Crippen LogP contribution in [0.3, 0.4) is 0 Å². The highest BCUT2D eigenvalue weighted by atomic mass is 19.3. The number of carbonyl (C=O) groups is 3. The third kappa shape index (κ3) is 3.86. The van der Waals surface area contributed by atoms with Crippen LogP contribution < -0.4 is 0 Å². The maximum Gasteiger partial charge on any atom is 0.347 e. The topological polar surface area (TPSA) is 88.1 Å². The fourth-order valence-corrected chi connectivity index (χ4v) is 1.62. The predicted molar refractivity (Wildman–Crippen MR) is 57.6 cm³/mol. The van der Waals surface area contributed by atoms with Crippen LogP contribution in [0.5, 0.6) is 0 Å². The van der Waals surface area contributed by atoms with Crippen LogP contribution in [0.15, 0.2) is 0 Å². The summed E-state index contributed by atoms with van der Waals surface area (Å²) in [4.78, 5) is 32.3. The molecule has 1 heterocycles. The molecule has 3 atom stereocenters. The molecule has 0 radical (unpaired) electrons. The lowest BCUT2D eigenvalue weighted by molar-refractivity contribution is -0.225. The van der Waals surface area contributed by atoms with E-state index in [1.165, 1.54) is 0 Å². The van der Waals surface area contributed by atoms with E-state index in [9.17, 15) is 23.2 Å². The van der Waals surface area contributed by atoms with Crippen LogP contribution in [-0.2, 0) is 33.3 Å². The first-order valence-corrected chi connectivity index (χ1v) is 5.65. The molecule has 0 aromatic rings. The monoisotopic (exact) mass is 296 g/mol. The molecule has 0 aromatic carbocycles. The summed E-state index contributed by atoms with van der Waals surface area (Å²) in [6.45, 7) is 2.40. The van der Waals surface area contributed by atoms with Crippen LogP contribution in [0.25, 0.3) is 0 Å². The number of ether oxygens (including phenoxy) is 4. The molecule has 1 saturated heterocycles. The third-order valence-electron chi connectivity index (χ3n) is 2.35. The van der Waals surface area contributed by atoms with Crippen molar-refractivity contribution in [1.29, 1.82) is 0 Å². The summed E-state index contributed by atoms with van der Waals surface area (Å²) in [7, 11) is 0. The molecule has 9 heteroatoms. The van der Waals surface area contributed by atoms with Crippen molar-refractivity contribution >= 4 is 17.9 Å². The van der Waals surface area contributed by atoms with Gasteiger partial charge in [0.2, 0.25) is 6.10 Å². The Morgan fingerprint density at radius 2 is 1.60 bits per heavy atom. The molecule has 0 amide bonds. The van der Waals surface area contributed by atoms with Crippen molar-refractivity contribution in [1.82, 2.24) is 0 Å². The van der Waals surface area contributed by atoms with Gasteiger partial charge in [0.1, 0.15) is 12.7 Å². The third-order valence-corrected chi connectivity index (χ3v) is 2.35. The van der Waals surface area contributed by atoms with E-state index in [1.807, 2.05) is 0 Å². The van der Waals surface area contributed by atoms with E-state index in [0.29, 0.717) is 0 Å². The summed E-state index contributed by atoms with van der Waals surface area (Å²) in [5.74, 6) is -6.41. The molecule has 1 rings (SSSR count). The lowest BCUT2D eigenvalue weighted by atomic mass is 10.1. The molecular weight excluding hydrogens is 282 g/mol. The minimum atomic E-state index is -3.75. The fourth-order valence-electron chi connectivity index (χ4n) is 1.62. The van der Waals surface area contributed by atoms with Gasteiger partial charge in [0, 0.05) is 20.8 Å². The van der Waals surface area contributed by atoms with Gasteiger partial charge in [-0.3, -0.25) is 14.4 Å². The average Bonchev–Trinajstić information content (AvgIpc) is 2.49. The number of carbonyl (C=O) groups excluding carboxylic acids is 3. The van der Waals surface area contributed by atoms with E-state index in [1.54, 1.807) is 0 Å². The second-order valence-electron chi connectivity index (χ2n) is 4.12. The van der Waals surface area contributed by atoms with Gasteiger partial charge in [0.25, 0.3) is 6.29 Å². The van der Waals surface area contributed by atoms with Crippen molar-refractivity contribution in [2.24, 2.45) is 0 Å². The molecule has 0 aliphatic carbocycles. The molecule has 1 aliphatic rings. The second kappa shape index (κ2) is 6.12. The Labute approximate surface area is 113 Å². The normalized spacial score (nSPS) is 27.8. The highest BCUT2D eigenvalue weighted by Crippen LogP contribution is 2.39. The Hall–Kier alpha value is -1.77. The smallest absolute Gasteiger partial charge is 0.347 e. The quantitative estimate of drug-likeness (QED) is 0.548. The van der Waals surface area contributed by atoms with Gasteiger partial charge < -0.3 is 18.9 Å². The summed E-state index contributed by atoms with van der Waals surface area (Å²) in [5.41, 5.74) is 0. The van der Waals surface area contributed by atoms with Crippen molar-refractivity contribution in [2.45, 2.75) is 45.2 Å². The number of alkyl halides is 2. The molecule has 7 nitrogen and oxygen atoms in total. The number of rotatable bonds is 4. The van der Waals surface area contributed by atoms with E-state index in [4.69, 9.17) is 4.74 Å². The molecule has 0 N–H and O–H groups in total. The van der Waals surface area contributed by atoms with E-state index >= 15 is 0 Å². The largest absolute Gasteiger partial charge is 0.463 e. The van der Waals surface area contributed by atoms with E-state index in [-0.39, 0.29) is 0 Å². The zero-order valence-electron chi connectivity index (χ0n) is 11.1. The second-order valence-corrected chi connectivity index (χ2v) is 4.12. The minimum absolute atomic E-state index is 0.555. The predicted octanol–water partition coefficient (Wildman–Crippen LogP) is 0.405. The maximum absolute atomic E-state index is 13.9. The van der Waals surface area contributed by atoms with Crippen molar-refractivity contribution in [3.05, 3.63) is 0 Å². The first-order chi connectivity index (χ1) is 9.14. The van der Waals surface area contributed by atoms with Crippen LogP contribution in [0.2, 0.25) is 0 Å². The van der Waals surface area contributed by atoms with Crippen LogP contribution in [0.4, 0.5) is 8.78 Å². The molecule has 2 unspecified atom stereocenters. The molecule has 0 saturated carbocycles. The molecule has 114 valence electrons. The molecule has 0 spiro atoms. The molecule has 20 heavy (non-hydrogen) atoms. The average molecular weight is 296 g/mol. The molecule has 0 bridgehead atoms. The highest BCUT2D eigenvalue weighted by molar-refractivity contribution is 5.67. The number of hydrogen-bond donors (Lipinski definition) is 0. The van der Waals surface area contributed by atoms with Crippen molar-refractivity contribution in [3.63, 3.8) is 0 Å². The van der Waals surface area contributed by atoms with Gasteiger partial charge in [-0.25, -0.2) is 0 Å². The Kier molecular flexibility index (Phi) is 4.98. The molecule has 1 aliphatic heterocycles. The highest BCUT2D eigenvalue weighted by Gasteiger charge is 2.63. The zero-order chi connectivity index (χ0) is 15.5. The Morgan fingerprint density at radius 3 is 2.05 bits per heavy atom. The van der Waals surface area contributed by atoms with Crippen LogP contribution >= 0.6 is 0 Å². The summed E-state index contributed by atoms with van der Waals surface area (Å²) in [6.07, 6.45) is -5.64. The van der Waals surface area contributed by atoms with Crippen molar-refractivity contribution in [2.75, 3.05) is 6.61 Å². The van der Waals surface area contributed by atoms with Crippen LogP contribution in [-0.4, -0.2) is 48.9 Å². The van der Waals surface area contributed by atoms with Crippen molar-refractivity contribution < 1.29 is 42.1 Å². The first kappa shape index (κ1) is 16.3. The lowest BCUT2D eigenvalue weighted by Crippen LogP contribution is -2.45. The van der Waals surface area contributed by atoms with Gasteiger partial charge in [-0.1, -0.05) is 0 Å². The maximum atomic E-state index is 13.9. The zero-order valence-corrected chi connectivity index (χ0v) is 11.1. The summed E-state index contributed by atoms with van der Waals surface area (Å²) in [6, 6.07) is 0. The minimum Gasteiger partial charge on any atom is -0.463 e. The number of halogens is 2.